The summed E-state index contributed by atoms with van der Waals surface area (Å²) in [6.07, 6.45) is 1.32. The molecule has 0 saturated heterocycles. The maximum atomic E-state index is 11.0. The van der Waals surface area contributed by atoms with E-state index < -0.39 is 0 Å². The predicted octanol–water partition coefficient (Wildman–Crippen LogP) is 5.09. The Kier molecular flexibility index (Phi) is 5.66. The number of benzene rings is 2. The lowest BCUT2D eigenvalue weighted by atomic mass is 10.1. The molecular formula is C17H16Cl2O2. The summed E-state index contributed by atoms with van der Waals surface area (Å²) >= 11 is 12.2. The molecule has 2 aromatic carbocycles. The van der Waals surface area contributed by atoms with Crippen LogP contribution >= 0.6 is 23.2 Å². The number of carbonyl (C=O) groups is 1. The summed E-state index contributed by atoms with van der Waals surface area (Å²) in [5.74, 6) is 0.946. The molecule has 0 atom stereocenters. The molecule has 110 valence electrons. The average Bonchev–Trinajstić information content (AvgIpc) is 2.46. The summed E-state index contributed by atoms with van der Waals surface area (Å²) < 4.78 is 5.70. The summed E-state index contributed by atoms with van der Waals surface area (Å²) in [6, 6.07) is 13.1. The lowest BCUT2D eigenvalue weighted by Crippen LogP contribution is -1.98. The van der Waals surface area contributed by atoms with E-state index in [1.807, 2.05) is 24.3 Å². The lowest BCUT2D eigenvalue weighted by molar-refractivity contribution is -0.116. The first-order chi connectivity index (χ1) is 10.1. The van der Waals surface area contributed by atoms with Gasteiger partial charge in [0.15, 0.2) is 0 Å². The lowest BCUT2D eigenvalue weighted by Gasteiger charge is -2.10. The molecule has 0 aliphatic heterocycles. The van der Waals surface area contributed by atoms with Gasteiger partial charge in [-0.25, -0.2) is 0 Å². The van der Waals surface area contributed by atoms with Crippen molar-refractivity contribution in [1.82, 2.24) is 0 Å². The minimum absolute atomic E-state index is 0.198. The van der Waals surface area contributed by atoms with E-state index in [4.69, 9.17) is 27.9 Å². The van der Waals surface area contributed by atoms with Crippen molar-refractivity contribution in [2.45, 2.75) is 26.4 Å². The summed E-state index contributed by atoms with van der Waals surface area (Å²) in [4.78, 5) is 11.0. The molecule has 0 aliphatic rings. The van der Waals surface area contributed by atoms with Crippen molar-refractivity contribution in [2.75, 3.05) is 0 Å². The normalized spacial score (nSPS) is 10.4. The molecular weight excluding hydrogens is 307 g/mol. The number of aryl methyl sites for hydroxylation is 1. The van der Waals surface area contributed by atoms with Crippen molar-refractivity contribution in [1.29, 1.82) is 0 Å². The zero-order valence-electron chi connectivity index (χ0n) is 11.7. The molecule has 0 unspecified atom stereocenters. The molecule has 0 heterocycles. The van der Waals surface area contributed by atoms with Gasteiger partial charge in [0.05, 0.1) is 0 Å². The molecule has 0 bridgehead atoms. The van der Waals surface area contributed by atoms with Gasteiger partial charge in [-0.2, -0.15) is 0 Å². The predicted molar refractivity (Wildman–Crippen MR) is 86.2 cm³/mol. The van der Waals surface area contributed by atoms with Crippen molar-refractivity contribution in [3.8, 4) is 5.75 Å². The van der Waals surface area contributed by atoms with Crippen LogP contribution in [0.25, 0.3) is 0 Å². The molecule has 2 rings (SSSR count). The van der Waals surface area contributed by atoms with Crippen LogP contribution in [-0.2, 0) is 17.8 Å². The van der Waals surface area contributed by atoms with Crippen LogP contribution in [0.5, 0.6) is 5.75 Å². The number of halogens is 2. The van der Waals surface area contributed by atoms with Crippen LogP contribution < -0.4 is 4.74 Å². The van der Waals surface area contributed by atoms with Crippen LogP contribution in [0.4, 0.5) is 0 Å². The Balaban J connectivity index is 1.96. The van der Waals surface area contributed by atoms with E-state index in [2.05, 4.69) is 0 Å². The van der Waals surface area contributed by atoms with E-state index in [9.17, 15) is 4.79 Å². The van der Waals surface area contributed by atoms with Crippen LogP contribution in [0.1, 0.15) is 24.5 Å². The van der Waals surface area contributed by atoms with Gasteiger partial charge in [-0.15, -0.1) is 0 Å². The van der Waals surface area contributed by atoms with Gasteiger partial charge in [0, 0.05) is 22.0 Å². The Morgan fingerprint density at radius 1 is 1.05 bits per heavy atom. The van der Waals surface area contributed by atoms with E-state index in [1.165, 1.54) is 0 Å². The second-order valence-corrected chi connectivity index (χ2v) is 5.65. The monoisotopic (exact) mass is 322 g/mol. The van der Waals surface area contributed by atoms with Crippen molar-refractivity contribution < 1.29 is 9.53 Å². The third-order valence-electron chi connectivity index (χ3n) is 3.13. The van der Waals surface area contributed by atoms with E-state index >= 15 is 0 Å². The first kappa shape index (κ1) is 15.9. The molecule has 0 radical (unpaired) electrons. The first-order valence-corrected chi connectivity index (χ1v) is 7.46. The van der Waals surface area contributed by atoms with Gasteiger partial charge in [-0.3, -0.25) is 0 Å². The smallest absolute Gasteiger partial charge is 0.130 e. The van der Waals surface area contributed by atoms with E-state index in [-0.39, 0.29) is 5.78 Å². The molecule has 0 aromatic heterocycles. The SMILES string of the molecule is CC(=O)CCc1ccc(OCc2c(Cl)cccc2Cl)cc1. The van der Waals surface area contributed by atoms with E-state index in [0.717, 1.165) is 23.3 Å². The molecule has 0 N–H and O–H groups in total. The van der Waals surface area contributed by atoms with Gasteiger partial charge in [-0.1, -0.05) is 41.4 Å². The fraction of sp³-hybridized carbons (Fsp3) is 0.235. The zero-order chi connectivity index (χ0) is 15.2. The van der Waals surface area contributed by atoms with Crippen LogP contribution in [0, 0.1) is 0 Å². The number of hydrogen-bond donors (Lipinski definition) is 0. The molecule has 0 saturated carbocycles. The van der Waals surface area contributed by atoms with Gasteiger partial charge in [-0.05, 0) is 43.2 Å². The number of ketones is 1. The second-order valence-electron chi connectivity index (χ2n) is 4.83. The molecule has 0 aliphatic carbocycles. The van der Waals surface area contributed by atoms with Crippen molar-refractivity contribution in [3.05, 3.63) is 63.6 Å². The van der Waals surface area contributed by atoms with Gasteiger partial charge in [0.2, 0.25) is 0 Å². The number of hydrogen-bond acceptors (Lipinski definition) is 2. The van der Waals surface area contributed by atoms with Crippen LogP contribution in [0.2, 0.25) is 10.0 Å². The Morgan fingerprint density at radius 3 is 2.24 bits per heavy atom. The summed E-state index contributed by atoms with van der Waals surface area (Å²) in [5, 5.41) is 1.20. The van der Waals surface area contributed by atoms with Gasteiger partial charge in [0.25, 0.3) is 0 Å². The minimum Gasteiger partial charge on any atom is -0.489 e. The highest BCUT2D eigenvalue weighted by Crippen LogP contribution is 2.26. The molecule has 2 nitrogen and oxygen atoms in total. The fourth-order valence-electron chi connectivity index (χ4n) is 1.90. The highest BCUT2D eigenvalue weighted by molar-refractivity contribution is 6.35. The van der Waals surface area contributed by atoms with Crippen LogP contribution in [0.3, 0.4) is 0 Å². The third kappa shape index (κ3) is 4.76. The first-order valence-electron chi connectivity index (χ1n) is 6.70. The Morgan fingerprint density at radius 2 is 1.67 bits per heavy atom. The molecule has 4 heteroatoms. The van der Waals surface area contributed by atoms with Gasteiger partial charge < -0.3 is 9.53 Å². The Labute approximate surface area is 134 Å². The zero-order valence-corrected chi connectivity index (χ0v) is 13.2. The maximum Gasteiger partial charge on any atom is 0.130 e. The molecule has 0 amide bonds. The summed E-state index contributed by atoms with van der Waals surface area (Å²) in [7, 11) is 0. The summed E-state index contributed by atoms with van der Waals surface area (Å²) in [5.41, 5.74) is 1.90. The van der Waals surface area contributed by atoms with E-state index in [0.29, 0.717) is 23.1 Å². The third-order valence-corrected chi connectivity index (χ3v) is 3.84. The highest BCUT2D eigenvalue weighted by atomic mass is 35.5. The molecule has 0 fully saturated rings. The van der Waals surface area contributed by atoms with Crippen molar-refractivity contribution in [2.24, 2.45) is 0 Å². The van der Waals surface area contributed by atoms with Crippen molar-refractivity contribution in [3.63, 3.8) is 0 Å². The number of ether oxygens (including phenoxy) is 1. The van der Waals surface area contributed by atoms with E-state index in [1.54, 1.807) is 25.1 Å². The second kappa shape index (κ2) is 7.48. The molecule has 21 heavy (non-hydrogen) atoms. The van der Waals surface area contributed by atoms with Crippen molar-refractivity contribution >= 4 is 29.0 Å². The fourth-order valence-corrected chi connectivity index (χ4v) is 2.40. The Bertz CT molecular complexity index is 601. The van der Waals surface area contributed by atoms with Crippen LogP contribution in [-0.4, -0.2) is 5.78 Å². The largest absolute Gasteiger partial charge is 0.489 e. The number of Topliss-reactive ketones (excluding diaryl/α,β-unsaturated/α-hetero) is 1. The molecule has 2 aromatic rings. The standard InChI is InChI=1S/C17H16Cl2O2/c1-12(20)5-6-13-7-9-14(10-8-13)21-11-15-16(18)3-2-4-17(15)19/h2-4,7-10H,5-6,11H2,1H3. The minimum atomic E-state index is 0.198. The highest BCUT2D eigenvalue weighted by Gasteiger charge is 2.06. The van der Waals surface area contributed by atoms with Gasteiger partial charge in [0.1, 0.15) is 18.1 Å². The average molecular weight is 323 g/mol. The number of rotatable bonds is 6. The molecule has 0 spiro atoms. The quantitative estimate of drug-likeness (QED) is 0.740. The van der Waals surface area contributed by atoms with Crippen LogP contribution in [0.15, 0.2) is 42.5 Å². The Hall–Kier alpha value is -1.51. The topological polar surface area (TPSA) is 26.3 Å². The summed E-state index contributed by atoms with van der Waals surface area (Å²) in [6.45, 7) is 1.93. The maximum absolute atomic E-state index is 11.0. The van der Waals surface area contributed by atoms with Gasteiger partial charge >= 0.3 is 0 Å². The number of carbonyl (C=O) groups excluding carboxylic acids is 1.